The van der Waals surface area contributed by atoms with Crippen molar-refractivity contribution in [1.82, 2.24) is 19.9 Å². The molecule has 1 aliphatic carbocycles. The fraction of sp³-hybridized carbons (Fsp3) is 0.824. The zero-order chi connectivity index (χ0) is 16.7. The van der Waals surface area contributed by atoms with Gasteiger partial charge in [-0.1, -0.05) is 5.16 Å². The van der Waals surface area contributed by atoms with Crippen molar-refractivity contribution in [3.8, 4) is 0 Å². The minimum absolute atomic E-state index is 0.0322. The second-order valence-electron chi connectivity index (χ2n) is 7.52. The van der Waals surface area contributed by atoms with E-state index >= 15 is 0 Å². The molecule has 7 nitrogen and oxygen atoms in total. The number of rotatable bonds is 5. The lowest BCUT2D eigenvalue weighted by molar-refractivity contribution is -0.145. The van der Waals surface area contributed by atoms with Gasteiger partial charge in [-0.25, -0.2) is 0 Å². The van der Waals surface area contributed by atoms with Crippen LogP contribution in [0.3, 0.4) is 0 Å². The number of carbonyl (C=O) groups excluding carboxylic acids is 1. The molecule has 4 rings (SSSR count). The summed E-state index contributed by atoms with van der Waals surface area (Å²) in [4.78, 5) is 21.1. The largest absolute Gasteiger partial charge is 0.461 e. The lowest BCUT2D eigenvalue weighted by Gasteiger charge is -2.38. The molecular formula is C17H26N4O3. The molecule has 0 unspecified atom stereocenters. The Bertz CT molecular complexity index is 600. The highest BCUT2D eigenvalue weighted by molar-refractivity contribution is 5.78. The van der Waals surface area contributed by atoms with Gasteiger partial charge >= 0.3 is 5.97 Å². The first kappa shape index (κ1) is 16.0. The van der Waals surface area contributed by atoms with Gasteiger partial charge in [0.2, 0.25) is 5.89 Å². The summed E-state index contributed by atoms with van der Waals surface area (Å²) in [7, 11) is 2.05. The van der Waals surface area contributed by atoms with Crippen molar-refractivity contribution in [1.29, 1.82) is 0 Å². The molecule has 132 valence electrons. The topological polar surface area (TPSA) is 71.7 Å². The summed E-state index contributed by atoms with van der Waals surface area (Å²) in [6.07, 6.45) is 5.42. The van der Waals surface area contributed by atoms with Crippen LogP contribution in [0.5, 0.6) is 0 Å². The number of nitrogens with zero attached hydrogens (tertiary/aromatic N) is 4. The first-order chi connectivity index (χ1) is 11.6. The van der Waals surface area contributed by atoms with E-state index in [-0.39, 0.29) is 18.1 Å². The minimum Gasteiger partial charge on any atom is -0.461 e. The normalized spacial score (nSPS) is 31.6. The van der Waals surface area contributed by atoms with Crippen LogP contribution >= 0.6 is 0 Å². The van der Waals surface area contributed by atoms with Crippen LogP contribution in [0.4, 0.5) is 0 Å². The number of cyclic esters (lactones) is 1. The van der Waals surface area contributed by atoms with Crippen molar-refractivity contribution in [2.45, 2.75) is 69.7 Å². The number of hydrogen-bond donors (Lipinski definition) is 0. The van der Waals surface area contributed by atoms with E-state index in [0.717, 1.165) is 50.6 Å². The zero-order valence-corrected chi connectivity index (χ0v) is 14.5. The number of piperidine rings is 1. The molecule has 0 N–H and O–H groups in total. The molecule has 1 aromatic rings. The van der Waals surface area contributed by atoms with Crippen LogP contribution < -0.4 is 0 Å². The second-order valence-corrected chi connectivity index (χ2v) is 7.52. The predicted molar refractivity (Wildman–Crippen MR) is 86.3 cm³/mol. The Morgan fingerprint density at radius 2 is 2.17 bits per heavy atom. The van der Waals surface area contributed by atoms with E-state index in [0.29, 0.717) is 12.0 Å². The molecule has 2 aliphatic heterocycles. The summed E-state index contributed by atoms with van der Waals surface area (Å²) in [5, 5.41) is 4.13. The van der Waals surface area contributed by atoms with Gasteiger partial charge in [-0.05, 0) is 46.2 Å². The number of ether oxygens (including phenoxy) is 1. The zero-order valence-electron chi connectivity index (χ0n) is 14.5. The number of carbonyl (C=O) groups is 1. The molecule has 1 aromatic heterocycles. The van der Waals surface area contributed by atoms with Crippen LogP contribution in [-0.4, -0.2) is 64.2 Å². The van der Waals surface area contributed by atoms with Gasteiger partial charge in [0.15, 0.2) is 5.82 Å². The summed E-state index contributed by atoms with van der Waals surface area (Å²) in [6, 6.07) is 0.271. The van der Waals surface area contributed by atoms with Gasteiger partial charge in [0.05, 0.1) is 6.54 Å². The molecule has 0 aromatic carbocycles. The Labute approximate surface area is 142 Å². The Morgan fingerprint density at radius 3 is 2.88 bits per heavy atom. The highest BCUT2D eigenvalue weighted by atomic mass is 16.6. The number of likely N-dealkylation sites (N-methyl/N-ethyl adjacent to an activating group) is 1. The maximum absolute atomic E-state index is 12.0. The van der Waals surface area contributed by atoms with Crippen LogP contribution in [0, 0.1) is 0 Å². The molecule has 1 saturated carbocycles. The lowest BCUT2D eigenvalue weighted by Crippen LogP contribution is -2.51. The van der Waals surface area contributed by atoms with E-state index in [1.54, 1.807) is 0 Å². The third-order valence-electron chi connectivity index (χ3n) is 5.47. The first-order valence-electron chi connectivity index (χ1n) is 9.07. The summed E-state index contributed by atoms with van der Waals surface area (Å²) >= 11 is 0. The maximum atomic E-state index is 12.0. The third kappa shape index (κ3) is 3.32. The van der Waals surface area contributed by atoms with Crippen molar-refractivity contribution in [2.24, 2.45) is 0 Å². The lowest BCUT2D eigenvalue weighted by atomic mass is 10.0. The highest BCUT2D eigenvalue weighted by Crippen LogP contribution is 2.38. The van der Waals surface area contributed by atoms with Crippen LogP contribution in [0.1, 0.15) is 56.7 Å². The average Bonchev–Trinajstić information content (AvgIpc) is 3.22. The number of aromatic nitrogens is 2. The van der Waals surface area contributed by atoms with Crippen molar-refractivity contribution in [2.75, 3.05) is 20.1 Å². The van der Waals surface area contributed by atoms with Crippen LogP contribution in [0.15, 0.2) is 4.52 Å². The highest BCUT2D eigenvalue weighted by Gasteiger charge is 2.38. The van der Waals surface area contributed by atoms with E-state index in [4.69, 9.17) is 9.26 Å². The molecule has 3 aliphatic rings. The number of hydrogen-bond acceptors (Lipinski definition) is 7. The molecular weight excluding hydrogens is 308 g/mol. The van der Waals surface area contributed by atoms with E-state index < -0.39 is 0 Å². The third-order valence-corrected chi connectivity index (χ3v) is 5.47. The molecule has 0 bridgehead atoms. The average molecular weight is 334 g/mol. The monoisotopic (exact) mass is 334 g/mol. The van der Waals surface area contributed by atoms with E-state index in [1.807, 2.05) is 6.92 Å². The van der Waals surface area contributed by atoms with E-state index in [1.165, 1.54) is 12.8 Å². The van der Waals surface area contributed by atoms with E-state index in [9.17, 15) is 4.79 Å². The molecule has 3 atom stereocenters. The summed E-state index contributed by atoms with van der Waals surface area (Å²) < 4.78 is 10.7. The number of esters is 1. The van der Waals surface area contributed by atoms with Gasteiger partial charge in [0.25, 0.3) is 0 Å². The van der Waals surface area contributed by atoms with Crippen molar-refractivity contribution in [3.63, 3.8) is 0 Å². The summed E-state index contributed by atoms with van der Waals surface area (Å²) in [5.74, 6) is 2.02. The molecule has 24 heavy (non-hydrogen) atoms. The minimum atomic E-state index is -0.100. The molecule has 3 fully saturated rings. The van der Waals surface area contributed by atoms with Crippen LogP contribution in [0.2, 0.25) is 0 Å². The summed E-state index contributed by atoms with van der Waals surface area (Å²) in [5.41, 5.74) is 0. The van der Waals surface area contributed by atoms with Crippen molar-refractivity contribution < 1.29 is 14.1 Å². The fourth-order valence-corrected chi connectivity index (χ4v) is 3.86. The number of likely N-dealkylation sites (tertiary alicyclic amines) is 1. The van der Waals surface area contributed by atoms with E-state index in [2.05, 4.69) is 27.0 Å². The van der Waals surface area contributed by atoms with Crippen LogP contribution in [-0.2, 0) is 16.1 Å². The van der Waals surface area contributed by atoms with Gasteiger partial charge in [-0.3, -0.25) is 14.6 Å². The smallest absolute Gasteiger partial charge is 0.323 e. The Hall–Kier alpha value is -1.47. The molecule has 0 radical (unpaired) electrons. The first-order valence-corrected chi connectivity index (χ1v) is 9.07. The summed E-state index contributed by atoms with van der Waals surface area (Å²) in [6.45, 7) is 4.67. The van der Waals surface area contributed by atoms with Crippen molar-refractivity contribution in [3.05, 3.63) is 11.7 Å². The van der Waals surface area contributed by atoms with Gasteiger partial charge < -0.3 is 9.26 Å². The Morgan fingerprint density at radius 1 is 1.33 bits per heavy atom. The molecule has 3 heterocycles. The second kappa shape index (κ2) is 6.44. The Kier molecular flexibility index (Phi) is 4.30. The molecule has 0 spiro atoms. The van der Waals surface area contributed by atoms with Gasteiger partial charge in [-0.15, -0.1) is 0 Å². The standard InChI is InChI=1S/C17H26N4O3/c1-11-8-14(17(22)23-11)20(2)13-4-3-7-21(9-13)10-15-18-16(24-19-15)12-5-6-12/h11-14H,3-10H2,1-2H3/t11-,13-,14+/m1/s1. The predicted octanol–water partition coefficient (Wildman–Crippen LogP) is 1.55. The Balaban J connectivity index is 1.35. The van der Waals surface area contributed by atoms with Gasteiger partial charge in [-0.2, -0.15) is 4.98 Å². The molecule has 0 amide bonds. The van der Waals surface area contributed by atoms with Gasteiger partial charge in [0.1, 0.15) is 12.1 Å². The molecule has 7 heteroatoms. The maximum Gasteiger partial charge on any atom is 0.323 e. The SMILES string of the molecule is C[C@@H]1C[C@H](N(C)[C@@H]2CCCN(Cc3noc(C4CC4)n3)C2)C(=O)O1. The molecule has 2 saturated heterocycles. The fourth-order valence-electron chi connectivity index (χ4n) is 3.86. The van der Waals surface area contributed by atoms with Crippen molar-refractivity contribution >= 4 is 5.97 Å². The van der Waals surface area contributed by atoms with Gasteiger partial charge in [0, 0.05) is 24.9 Å². The quantitative estimate of drug-likeness (QED) is 0.757. The van der Waals surface area contributed by atoms with Crippen LogP contribution in [0.25, 0.3) is 0 Å².